The molecular formula is C16H16FN3O2S. The van der Waals surface area contributed by atoms with E-state index in [9.17, 15) is 14.3 Å². The zero-order valence-corrected chi connectivity index (χ0v) is 13.3. The molecule has 0 aliphatic carbocycles. The minimum Gasteiger partial charge on any atom is -0.383 e. The lowest BCUT2D eigenvalue weighted by Gasteiger charge is -2.22. The van der Waals surface area contributed by atoms with Crippen molar-refractivity contribution in [2.24, 2.45) is 0 Å². The van der Waals surface area contributed by atoms with E-state index in [1.165, 1.54) is 23.5 Å². The number of benzene rings is 1. The Labute approximate surface area is 137 Å². The summed E-state index contributed by atoms with van der Waals surface area (Å²) in [6.45, 7) is 1.64. The number of thiophene rings is 1. The van der Waals surface area contributed by atoms with E-state index in [-0.39, 0.29) is 24.2 Å². The number of carbonyl (C=O) groups excluding carboxylic acids is 1. The number of amides is 2. The molecule has 0 fully saturated rings. The van der Waals surface area contributed by atoms with Crippen LogP contribution >= 0.6 is 11.3 Å². The standard InChI is InChI=1S/C16H16FN3O2S/c1-16(22,14-3-2-6-23-14)10-20-15(21)19-9-12-5-4-11(8-18)7-13(12)17/h2-7,22H,9-10H2,1H3,(H2,19,20,21). The van der Waals surface area contributed by atoms with Crippen molar-refractivity contribution >= 4 is 17.4 Å². The van der Waals surface area contributed by atoms with E-state index in [1.54, 1.807) is 13.0 Å². The van der Waals surface area contributed by atoms with E-state index < -0.39 is 17.4 Å². The van der Waals surface area contributed by atoms with Gasteiger partial charge >= 0.3 is 6.03 Å². The molecule has 3 N–H and O–H groups in total. The Balaban J connectivity index is 1.85. The second-order valence-corrected chi connectivity index (χ2v) is 6.15. The molecule has 0 saturated heterocycles. The minimum atomic E-state index is -1.16. The van der Waals surface area contributed by atoms with Gasteiger partial charge in [0.15, 0.2) is 0 Å². The molecule has 1 unspecified atom stereocenters. The number of nitrogens with one attached hydrogen (secondary N) is 2. The first-order valence-corrected chi connectivity index (χ1v) is 7.77. The zero-order valence-electron chi connectivity index (χ0n) is 12.5. The second kappa shape index (κ2) is 7.22. The molecule has 0 radical (unpaired) electrons. The van der Waals surface area contributed by atoms with Crippen molar-refractivity contribution < 1.29 is 14.3 Å². The van der Waals surface area contributed by atoms with Gasteiger partial charge in [-0.1, -0.05) is 12.1 Å². The normalized spacial score (nSPS) is 13.0. The molecule has 0 bridgehead atoms. The smallest absolute Gasteiger partial charge is 0.315 e. The fourth-order valence-corrected chi connectivity index (χ4v) is 2.71. The summed E-state index contributed by atoms with van der Waals surface area (Å²) in [5, 5.41) is 25.9. The highest BCUT2D eigenvalue weighted by atomic mass is 32.1. The van der Waals surface area contributed by atoms with E-state index >= 15 is 0 Å². The average Bonchev–Trinajstić information content (AvgIpc) is 3.07. The summed E-state index contributed by atoms with van der Waals surface area (Å²) in [5.41, 5.74) is -0.655. The third-order valence-corrected chi connectivity index (χ3v) is 4.39. The van der Waals surface area contributed by atoms with Crippen molar-refractivity contribution in [1.29, 1.82) is 5.26 Å². The van der Waals surface area contributed by atoms with Crippen LogP contribution in [0.5, 0.6) is 0 Å². The quantitative estimate of drug-likeness (QED) is 0.786. The van der Waals surface area contributed by atoms with Crippen molar-refractivity contribution in [2.75, 3.05) is 6.54 Å². The Hall–Kier alpha value is -2.43. The van der Waals surface area contributed by atoms with Gasteiger partial charge in [0, 0.05) is 17.0 Å². The summed E-state index contributed by atoms with van der Waals surface area (Å²) >= 11 is 1.40. The van der Waals surface area contributed by atoms with Crippen LogP contribution in [-0.4, -0.2) is 17.7 Å². The van der Waals surface area contributed by atoms with Crippen molar-refractivity contribution in [2.45, 2.75) is 19.1 Å². The van der Waals surface area contributed by atoms with Crippen LogP contribution < -0.4 is 10.6 Å². The summed E-state index contributed by atoms with van der Waals surface area (Å²) in [6, 6.07) is 9.01. The average molecular weight is 333 g/mol. The Bertz CT molecular complexity index is 723. The van der Waals surface area contributed by atoms with Gasteiger partial charge in [-0.15, -0.1) is 11.3 Å². The molecule has 2 rings (SSSR count). The van der Waals surface area contributed by atoms with Gasteiger partial charge in [0.2, 0.25) is 0 Å². The molecule has 1 aromatic carbocycles. The highest BCUT2D eigenvalue weighted by Crippen LogP contribution is 2.24. The molecule has 120 valence electrons. The number of hydrogen-bond acceptors (Lipinski definition) is 4. The largest absolute Gasteiger partial charge is 0.383 e. The molecule has 0 saturated carbocycles. The molecule has 1 atom stereocenters. The molecule has 1 aromatic heterocycles. The number of carbonyl (C=O) groups is 1. The Morgan fingerprint density at radius 1 is 1.43 bits per heavy atom. The Kier molecular flexibility index (Phi) is 5.32. The van der Waals surface area contributed by atoms with E-state index in [0.29, 0.717) is 0 Å². The van der Waals surface area contributed by atoms with Crippen molar-refractivity contribution in [3.8, 4) is 6.07 Å². The van der Waals surface area contributed by atoms with Gasteiger partial charge in [-0.05, 0) is 30.5 Å². The summed E-state index contributed by atoms with van der Waals surface area (Å²) < 4.78 is 13.7. The maximum Gasteiger partial charge on any atom is 0.315 e. The fraction of sp³-hybridized carbons (Fsp3) is 0.250. The summed E-state index contributed by atoms with van der Waals surface area (Å²) in [6.07, 6.45) is 0. The van der Waals surface area contributed by atoms with Gasteiger partial charge < -0.3 is 15.7 Å². The summed E-state index contributed by atoms with van der Waals surface area (Å²) in [7, 11) is 0. The highest BCUT2D eigenvalue weighted by Gasteiger charge is 2.24. The van der Waals surface area contributed by atoms with Gasteiger partial charge in [-0.3, -0.25) is 0 Å². The van der Waals surface area contributed by atoms with Crippen LogP contribution in [0.3, 0.4) is 0 Å². The van der Waals surface area contributed by atoms with Crippen LogP contribution in [0.15, 0.2) is 35.7 Å². The Morgan fingerprint density at radius 2 is 2.22 bits per heavy atom. The molecule has 23 heavy (non-hydrogen) atoms. The number of rotatable bonds is 5. The second-order valence-electron chi connectivity index (χ2n) is 5.21. The monoisotopic (exact) mass is 333 g/mol. The lowest BCUT2D eigenvalue weighted by Crippen LogP contribution is -2.43. The summed E-state index contributed by atoms with van der Waals surface area (Å²) in [4.78, 5) is 12.5. The van der Waals surface area contributed by atoms with Crippen LogP contribution in [0.2, 0.25) is 0 Å². The lowest BCUT2D eigenvalue weighted by molar-refractivity contribution is 0.0631. The predicted molar refractivity (Wildman–Crippen MR) is 85.2 cm³/mol. The molecule has 2 amide bonds. The molecular weight excluding hydrogens is 317 g/mol. The predicted octanol–water partition coefficient (Wildman–Crippen LogP) is 2.47. The molecule has 2 aromatic rings. The maximum atomic E-state index is 13.7. The number of halogens is 1. The van der Waals surface area contributed by atoms with E-state index in [4.69, 9.17) is 5.26 Å². The van der Waals surface area contributed by atoms with Crippen LogP contribution in [0.4, 0.5) is 9.18 Å². The molecule has 5 nitrogen and oxygen atoms in total. The lowest BCUT2D eigenvalue weighted by atomic mass is 10.1. The van der Waals surface area contributed by atoms with Gasteiger partial charge in [-0.2, -0.15) is 5.26 Å². The molecule has 0 aliphatic heterocycles. The highest BCUT2D eigenvalue weighted by molar-refractivity contribution is 7.10. The minimum absolute atomic E-state index is 0.00940. The van der Waals surface area contributed by atoms with Crippen LogP contribution in [0, 0.1) is 17.1 Å². The Morgan fingerprint density at radius 3 is 2.83 bits per heavy atom. The van der Waals surface area contributed by atoms with Gasteiger partial charge in [-0.25, -0.2) is 9.18 Å². The third kappa shape index (κ3) is 4.52. The van der Waals surface area contributed by atoms with Gasteiger partial charge in [0.25, 0.3) is 0 Å². The summed E-state index contributed by atoms with van der Waals surface area (Å²) in [5.74, 6) is -0.546. The molecule has 0 aliphatic rings. The van der Waals surface area contributed by atoms with Crippen LogP contribution in [0.25, 0.3) is 0 Å². The SMILES string of the molecule is CC(O)(CNC(=O)NCc1ccc(C#N)cc1F)c1cccs1. The third-order valence-electron chi connectivity index (χ3n) is 3.27. The zero-order chi connectivity index (χ0) is 16.9. The first-order chi connectivity index (χ1) is 10.9. The van der Waals surface area contributed by atoms with Crippen LogP contribution in [-0.2, 0) is 12.1 Å². The number of nitriles is 1. The van der Waals surface area contributed by atoms with Gasteiger partial charge in [0.05, 0.1) is 18.2 Å². The molecule has 7 heteroatoms. The number of aliphatic hydroxyl groups is 1. The molecule has 1 heterocycles. The number of nitrogens with zero attached hydrogens (tertiary/aromatic N) is 1. The van der Waals surface area contributed by atoms with E-state index in [1.807, 2.05) is 17.5 Å². The van der Waals surface area contributed by atoms with E-state index in [0.717, 1.165) is 10.9 Å². The fourth-order valence-electron chi connectivity index (χ4n) is 1.92. The first kappa shape index (κ1) is 16.9. The van der Waals surface area contributed by atoms with Crippen LogP contribution in [0.1, 0.15) is 22.9 Å². The number of urea groups is 1. The van der Waals surface area contributed by atoms with E-state index in [2.05, 4.69) is 10.6 Å². The van der Waals surface area contributed by atoms with Gasteiger partial charge in [0.1, 0.15) is 11.4 Å². The van der Waals surface area contributed by atoms with Crippen molar-refractivity contribution in [3.63, 3.8) is 0 Å². The first-order valence-electron chi connectivity index (χ1n) is 6.89. The molecule has 0 spiro atoms. The van der Waals surface area contributed by atoms with Crippen molar-refractivity contribution in [1.82, 2.24) is 10.6 Å². The number of hydrogen-bond donors (Lipinski definition) is 3. The van der Waals surface area contributed by atoms with Crippen molar-refractivity contribution in [3.05, 3.63) is 57.5 Å². The maximum absolute atomic E-state index is 13.7. The topological polar surface area (TPSA) is 85.2 Å².